The zero-order valence-electron chi connectivity index (χ0n) is 16.0. The van der Waals surface area contributed by atoms with Crippen molar-refractivity contribution in [2.75, 3.05) is 18.5 Å². The van der Waals surface area contributed by atoms with Crippen molar-refractivity contribution >= 4 is 72.4 Å². The number of nitrogens with one attached hydrogen (secondary N) is 1. The zero-order valence-corrected chi connectivity index (χ0v) is 20.0. The molecule has 0 bridgehead atoms. The van der Waals surface area contributed by atoms with Gasteiger partial charge < -0.3 is 10.1 Å². The van der Waals surface area contributed by atoms with Crippen LogP contribution >= 0.6 is 43.6 Å². The first kappa shape index (κ1) is 22.6. The Morgan fingerprint density at radius 1 is 1.17 bits per heavy atom. The molecule has 0 aliphatic carbocycles. The SMILES string of the molecule is CCCOc1ccc(/C=C2\SC(=O)N(CC(=O)Nc3ccccc3Br)C2=O)cc1Br. The number of para-hydroxylation sites is 1. The summed E-state index contributed by atoms with van der Waals surface area (Å²) in [5.41, 5.74) is 1.31. The Kier molecular flexibility index (Phi) is 7.74. The lowest BCUT2D eigenvalue weighted by Crippen LogP contribution is -2.36. The molecule has 1 aliphatic heterocycles. The lowest BCUT2D eigenvalue weighted by molar-refractivity contribution is -0.127. The van der Waals surface area contributed by atoms with Gasteiger partial charge in [-0.3, -0.25) is 19.3 Å². The molecule has 30 heavy (non-hydrogen) atoms. The molecule has 0 radical (unpaired) electrons. The van der Waals surface area contributed by atoms with E-state index in [0.29, 0.717) is 22.5 Å². The summed E-state index contributed by atoms with van der Waals surface area (Å²) in [4.78, 5) is 38.5. The Hall–Kier alpha value is -2.10. The fraction of sp³-hybridized carbons (Fsp3) is 0.190. The van der Waals surface area contributed by atoms with E-state index in [4.69, 9.17) is 4.74 Å². The Morgan fingerprint density at radius 2 is 1.93 bits per heavy atom. The summed E-state index contributed by atoms with van der Waals surface area (Å²) in [7, 11) is 0. The van der Waals surface area contributed by atoms with Crippen molar-refractivity contribution in [2.24, 2.45) is 0 Å². The van der Waals surface area contributed by atoms with Crippen molar-refractivity contribution in [3.63, 3.8) is 0 Å². The number of carbonyl (C=O) groups is 3. The van der Waals surface area contributed by atoms with Gasteiger partial charge in [-0.05, 0) is 85.9 Å². The quantitative estimate of drug-likeness (QED) is 0.447. The van der Waals surface area contributed by atoms with Crippen molar-refractivity contribution in [2.45, 2.75) is 13.3 Å². The van der Waals surface area contributed by atoms with Crippen molar-refractivity contribution in [3.8, 4) is 5.75 Å². The molecule has 3 amide bonds. The van der Waals surface area contributed by atoms with E-state index in [1.165, 1.54) is 0 Å². The topological polar surface area (TPSA) is 75.7 Å². The van der Waals surface area contributed by atoms with Gasteiger partial charge in [0.15, 0.2) is 0 Å². The lowest BCUT2D eigenvalue weighted by atomic mass is 10.2. The van der Waals surface area contributed by atoms with Gasteiger partial charge in [0.2, 0.25) is 5.91 Å². The first-order valence-corrected chi connectivity index (χ1v) is 11.5. The number of hydrogen-bond donors (Lipinski definition) is 1. The van der Waals surface area contributed by atoms with Gasteiger partial charge in [-0.1, -0.05) is 25.1 Å². The van der Waals surface area contributed by atoms with Crippen LogP contribution in [-0.4, -0.2) is 35.1 Å². The number of hydrogen-bond acceptors (Lipinski definition) is 5. The van der Waals surface area contributed by atoms with Crippen LogP contribution in [0.15, 0.2) is 56.3 Å². The average molecular weight is 554 g/mol. The number of anilines is 1. The van der Waals surface area contributed by atoms with Gasteiger partial charge in [0.05, 0.1) is 21.7 Å². The maximum atomic E-state index is 12.7. The van der Waals surface area contributed by atoms with Crippen LogP contribution in [0.25, 0.3) is 6.08 Å². The van der Waals surface area contributed by atoms with Gasteiger partial charge in [0.1, 0.15) is 12.3 Å². The van der Waals surface area contributed by atoms with E-state index in [9.17, 15) is 14.4 Å². The summed E-state index contributed by atoms with van der Waals surface area (Å²) in [6.07, 6.45) is 2.53. The molecular weight excluding hydrogens is 536 g/mol. The number of amides is 3. The summed E-state index contributed by atoms with van der Waals surface area (Å²) in [5.74, 6) is -0.230. The fourth-order valence-corrected chi connectivity index (χ4v) is 4.35. The standard InChI is InChI=1S/C21H18Br2N2O4S/c1-2-9-29-17-8-7-13(10-15(17)23)11-18-20(27)25(21(28)30-18)12-19(26)24-16-6-4-3-5-14(16)22/h3-8,10-11H,2,9,12H2,1H3,(H,24,26)/b18-11-. The Labute approximate surface area is 195 Å². The minimum atomic E-state index is -0.491. The maximum absolute atomic E-state index is 12.7. The minimum Gasteiger partial charge on any atom is -0.492 e. The highest BCUT2D eigenvalue weighted by Gasteiger charge is 2.36. The number of carbonyl (C=O) groups excluding carboxylic acids is 3. The number of imide groups is 1. The highest BCUT2D eigenvalue weighted by Crippen LogP contribution is 2.34. The zero-order chi connectivity index (χ0) is 21.7. The van der Waals surface area contributed by atoms with Crippen molar-refractivity contribution in [1.29, 1.82) is 0 Å². The van der Waals surface area contributed by atoms with Crippen molar-refractivity contribution < 1.29 is 19.1 Å². The molecular formula is C21H18Br2N2O4S. The Bertz CT molecular complexity index is 1030. The van der Waals surface area contributed by atoms with Gasteiger partial charge in [-0.2, -0.15) is 0 Å². The number of rotatable bonds is 7. The Morgan fingerprint density at radius 3 is 2.63 bits per heavy atom. The summed E-state index contributed by atoms with van der Waals surface area (Å²) in [6, 6.07) is 12.5. The smallest absolute Gasteiger partial charge is 0.294 e. The normalized spacial score (nSPS) is 15.0. The van der Waals surface area contributed by atoms with Crippen molar-refractivity contribution in [3.05, 3.63) is 61.9 Å². The molecule has 3 rings (SSSR count). The highest BCUT2D eigenvalue weighted by atomic mass is 79.9. The van der Waals surface area contributed by atoms with E-state index in [0.717, 1.165) is 33.1 Å². The molecule has 6 nitrogen and oxygen atoms in total. The van der Waals surface area contributed by atoms with Crippen LogP contribution in [-0.2, 0) is 9.59 Å². The molecule has 0 spiro atoms. The van der Waals surface area contributed by atoms with E-state index >= 15 is 0 Å². The van der Waals surface area contributed by atoms with Gasteiger partial charge in [0, 0.05) is 4.47 Å². The van der Waals surface area contributed by atoms with Crippen molar-refractivity contribution in [1.82, 2.24) is 4.90 Å². The summed E-state index contributed by atoms with van der Waals surface area (Å²) < 4.78 is 7.09. The van der Waals surface area contributed by atoms with E-state index in [1.807, 2.05) is 25.1 Å². The predicted octanol–water partition coefficient (Wildman–Crippen LogP) is 5.68. The second kappa shape index (κ2) is 10.3. The predicted molar refractivity (Wildman–Crippen MR) is 125 cm³/mol. The number of ether oxygens (including phenoxy) is 1. The molecule has 0 aromatic heterocycles. The Balaban J connectivity index is 1.69. The third kappa shape index (κ3) is 5.53. The highest BCUT2D eigenvalue weighted by molar-refractivity contribution is 9.11. The number of benzene rings is 2. The molecule has 1 fully saturated rings. The molecule has 9 heteroatoms. The number of nitrogens with zero attached hydrogens (tertiary/aromatic N) is 1. The molecule has 1 N–H and O–H groups in total. The van der Waals surface area contributed by atoms with Crippen LogP contribution in [0.1, 0.15) is 18.9 Å². The monoisotopic (exact) mass is 552 g/mol. The van der Waals surface area contributed by atoms with Crippen LogP contribution in [0, 0.1) is 0 Å². The fourth-order valence-electron chi connectivity index (χ4n) is 2.62. The van der Waals surface area contributed by atoms with Crippen LogP contribution in [0.5, 0.6) is 5.75 Å². The van der Waals surface area contributed by atoms with E-state index in [2.05, 4.69) is 37.2 Å². The molecule has 0 atom stereocenters. The molecule has 1 saturated heterocycles. The van der Waals surface area contributed by atoms with Crippen LogP contribution < -0.4 is 10.1 Å². The van der Waals surface area contributed by atoms with E-state index in [-0.39, 0.29) is 11.4 Å². The van der Waals surface area contributed by atoms with Gasteiger partial charge in [0.25, 0.3) is 11.1 Å². The third-order valence-corrected chi connectivity index (χ3v) is 6.26. The van der Waals surface area contributed by atoms with E-state index in [1.54, 1.807) is 30.3 Å². The third-order valence-electron chi connectivity index (χ3n) is 4.04. The molecule has 1 heterocycles. The molecule has 2 aromatic carbocycles. The first-order chi connectivity index (χ1) is 14.4. The molecule has 0 unspecified atom stereocenters. The average Bonchev–Trinajstić information content (AvgIpc) is 2.96. The molecule has 1 aliphatic rings. The number of thioether (sulfide) groups is 1. The minimum absolute atomic E-state index is 0.266. The summed E-state index contributed by atoms with van der Waals surface area (Å²) >= 11 is 7.61. The van der Waals surface area contributed by atoms with Gasteiger partial charge >= 0.3 is 0 Å². The molecule has 0 saturated carbocycles. The largest absolute Gasteiger partial charge is 0.492 e. The van der Waals surface area contributed by atoms with Gasteiger partial charge in [-0.25, -0.2) is 0 Å². The van der Waals surface area contributed by atoms with Crippen LogP contribution in [0.3, 0.4) is 0 Å². The summed E-state index contributed by atoms with van der Waals surface area (Å²) in [5, 5.41) is 2.22. The van der Waals surface area contributed by atoms with Crippen LogP contribution in [0.2, 0.25) is 0 Å². The summed E-state index contributed by atoms with van der Waals surface area (Å²) in [6.45, 7) is 2.28. The van der Waals surface area contributed by atoms with Crippen LogP contribution in [0.4, 0.5) is 10.5 Å². The maximum Gasteiger partial charge on any atom is 0.294 e. The second-order valence-electron chi connectivity index (χ2n) is 6.33. The molecule has 156 valence electrons. The van der Waals surface area contributed by atoms with E-state index < -0.39 is 17.1 Å². The molecule has 2 aromatic rings. The first-order valence-electron chi connectivity index (χ1n) is 9.11. The number of halogens is 2. The lowest BCUT2D eigenvalue weighted by Gasteiger charge is -2.13. The van der Waals surface area contributed by atoms with Gasteiger partial charge in [-0.15, -0.1) is 0 Å². The second-order valence-corrected chi connectivity index (χ2v) is 9.04.